The molecule has 0 aliphatic carbocycles. The number of carbonyl (C=O) groups is 1. The molecule has 0 radical (unpaired) electrons. The summed E-state index contributed by atoms with van der Waals surface area (Å²) in [6, 6.07) is 9.49. The third kappa shape index (κ3) is 5.29. The molecule has 152 valence electrons. The summed E-state index contributed by atoms with van der Waals surface area (Å²) in [7, 11) is 1.54. The molecular weight excluding hydrogens is 379 g/mol. The number of nitrogens with zero attached hydrogens (tertiary/aromatic N) is 2. The third-order valence-electron chi connectivity index (χ3n) is 4.21. The van der Waals surface area contributed by atoms with Gasteiger partial charge in [-0.15, -0.1) is 0 Å². The molecule has 0 bridgehead atoms. The van der Waals surface area contributed by atoms with E-state index in [2.05, 4.69) is 15.3 Å². The highest BCUT2D eigenvalue weighted by Gasteiger charge is 2.12. The van der Waals surface area contributed by atoms with Gasteiger partial charge in [0.1, 0.15) is 18.0 Å². The zero-order chi connectivity index (χ0) is 20.6. The lowest BCUT2D eigenvalue weighted by Gasteiger charge is -2.14. The summed E-state index contributed by atoms with van der Waals surface area (Å²) in [5, 5.41) is 12.4. The number of carbonyl (C=O) groups excluding carboxylic acids is 1. The number of amides is 1. The fourth-order valence-electron chi connectivity index (χ4n) is 2.73. The summed E-state index contributed by atoms with van der Waals surface area (Å²) in [5.74, 6) is 0.844. The molecule has 3 N–H and O–H groups in total. The molecule has 3 rings (SSSR count). The van der Waals surface area contributed by atoms with Gasteiger partial charge in [-0.2, -0.15) is 0 Å². The number of hydrogen-bond donors (Lipinski definition) is 3. The number of ether oxygens (including phenoxy) is 2. The van der Waals surface area contributed by atoms with Crippen molar-refractivity contribution in [3.63, 3.8) is 0 Å². The van der Waals surface area contributed by atoms with Crippen molar-refractivity contribution in [2.24, 2.45) is 0 Å². The van der Waals surface area contributed by atoms with Crippen LogP contribution >= 0.6 is 0 Å². The highest BCUT2D eigenvalue weighted by atomic mass is 19.1. The normalized spacial score (nSPS) is 10.6. The molecule has 1 aromatic heterocycles. The maximum absolute atomic E-state index is 13.1. The van der Waals surface area contributed by atoms with Gasteiger partial charge in [0.2, 0.25) is 5.91 Å². The first-order valence-corrected chi connectivity index (χ1v) is 9.02. The van der Waals surface area contributed by atoms with Crippen molar-refractivity contribution < 1.29 is 23.9 Å². The van der Waals surface area contributed by atoms with Gasteiger partial charge in [-0.3, -0.25) is 10.0 Å². The highest BCUT2D eigenvalue weighted by molar-refractivity contribution is 5.93. The van der Waals surface area contributed by atoms with Crippen LogP contribution in [0, 0.1) is 5.82 Å². The number of unbranched alkanes of at least 4 members (excludes halogenated alkanes) is 1. The van der Waals surface area contributed by atoms with Crippen LogP contribution in [0.4, 0.5) is 15.9 Å². The minimum Gasteiger partial charge on any atom is -0.493 e. The smallest absolute Gasteiger partial charge is 0.243 e. The number of halogens is 1. The fraction of sp³-hybridized carbons (Fsp3) is 0.250. The summed E-state index contributed by atoms with van der Waals surface area (Å²) in [6.45, 7) is 0.370. The number of rotatable bonds is 9. The lowest BCUT2D eigenvalue weighted by atomic mass is 10.2. The molecule has 0 saturated heterocycles. The molecule has 0 aliphatic rings. The number of aromatic nitrogens is 2. The molecule has 0 spiro atoms. The summed E-state index contributed by atoms with van der Waals surface area (Å²) >= 11 is 0. The summed E-state index contributed by atoms with van der Waals surface area (Å²) < 4.78 is 24.3. The first-order valence-electron chi connectivity index (χ1n) is 9.02. The van der Waals surface area contributed by atoms with Crippen molar-refractivity contribution in [1.29, 1.82) is 0 Å². The van der Waals surface area contributed by atoms with Crippen LogP contribution in [-0.2, 0) is 4.79 Å². The second-order valence-electron chi connectivity index (χ2n) is 6.21. The fourth-order valence-corrected chi connectivity index (χ4v) is 2.73. The highest BCUT2D eigenvalue weighted by Crippen LogP contribution is 2.34. The van der Waals surface area contributed by atoms with Crippen molar-refractivity contribution in [2.45, 2.75) is 19.3 Å². The molecule has 0 saturated carbocycles. The van der Waals surface area contributed by atoms with Crippen LogP contribution in [0.2, 0.25) is 0 Å². The molecule has 3 aromatic rings. The predicted octanol–water partition coefficient (Wildman–Crippen LogP) is 3.58. The van der Waals surface area contributed by atoms with Crippen molar-refractivity contribution in [2.75, 3.05) is 19.0 Å². The molecule has 0 fully saturated rings. The van der Waals surface area contributed by atoms with E-state index in [1.54, 1.807) is 36.9 Å². The molecule has 1 amide bonds. The Kier molecular flexibility index (Phi) is 6.75. The number of anilines is 2. The largest absolute Gasteiger partial charge is 0.493 e. The SMILES string of the molecule is COc1cc2ncnc(Nc3ccc(F)cc3)c2cc1OCCCCC(=O)NO. The molecule has 29 heavy (non-hydrogen) atoms. The van der Waals surface area contributed by atoms with Gasteiger partial charge < -0.3 is 14.8 Å². The lowest BCUT2D eigenvalue weighted by Crippen LogP contribution is -2.18. The number of nitrogens with one attached hydrogen (secondary N) is 2. The van der Waals surface area contributed by atoms with Gasteiger partial charge in [0.05, 0.1) is 19.2 Å². The van der Waals surface area contributed by atoms with Crippen LogP contribution in [0.15, 0.2) is 42.7 Å². The minimum absolute atomic E-state index is 0.217. The minimum atomic E-state index is -0.429. The van der Waals surface area contributed by atoms with E-state index in [4.69, 9.17) is 14.7 Å². The topological polar surface area (TPSA) is 106 Å². The Morgan fingerprint density at radius 1 is 1.14 bits per heavy atom. The van der Waals surface area contributed by atoms with E-state index >= 15 is 0 Å². The Balaban J connectivity index is 1.78. The maximum atomic E-state index is 13.1. The molecule has 0 unspecified atom stereocenters. The zero-order valence-corrected chi connectivity index (χ0v) is 15.8. The van der Waals surface area contributed by atoms with Crippen molar-refractivity contribution >= 4 is 28.3 Å². The van der Waals surface area contributed by atoms with E-state index in [1.165, 1.54) is 18.5 Å². The number of fused-ring (bicyclic) bond motifs is 1. The zero-order valence-electron chi connectivity index (χ0n) is 15.8. The Bertz CT molecular complexity index is 982. The molecule has 2 aromatic carbocycles. The second kappa shape index (κ2) is 9.65. The van der Waals surface area contributed by atoms with Crippen LogP contribution in [0.5, 0.6) is 11.5 Å². The molecule has 0 aliphatic heterocycles. The summed E-state index contributed by atoms with van der Waals surface area (Å²) in [5.41, 5.74) is 2.95. The molecular formula is C20H21FN4O4. The Hall–Kier alpha value is -3.46. The number of hydrogen-bond acceptors (Lipinski definition) is 7. The maximum Gasteiger partial charge on any atom is 0.243 e. The first kappa shape index (κ1) is 20.3. The number of benzene rings is 2. The quantitative estimate of drug-likeness (QED) is 0.286. The monoisotopic (exact) mass is 400 g/mol. The molecule has 0 atom stereocenters. The standard InChI is InChI=1S/C20H21FN4O4/c1-28-17-11-16-15(10-18(17)29-9-3-2-4-19(26)25-27)20(23-12-22-16)24-14-7-5-13(21)6-8-14/h5-8,10-12,27H,2-4,9H2,1H3,(H,25,26)(H,22,23,24). The summed E-state index contributed by atoms with van der Waals surface area (Å²) in [6.07, 6.45) is 2.85. The van der Waals surface area contributed by atoms with E-state index in [1.807, 2.05) is 0 Å². The Labute approximate surface area is 166 Å². The van der Waals surface area contributed by atoms with Crippen molar-refractivity contribution in [1.82, 2.24) is 15.4 Å². The van der Waals surface area contributed by atoms with Crippen molar-refractivity contribution in [3.8, 4) is 11.5 Å². The molecule has 1 heterocycles. The van der Waals surface area contributed by atoms with Gasteiger partial charge in [0, 0.05) is 23.6 Å². The van der Waals surface area contributed by atoms with Gasteiger partial charge >= 0.3 is 0 Å². The first-order chi connectivity index (χ1) is 14.1. The second-order valence-corrected chi connectivity index (χ2v) is 6.21. The van der Waals surface area contributed by atoms with Gasteiger partial charge in [0.25, 0.3) is 0 Å². The van der Waals surface area contributed by atoms with Gasteiger partial charge in [-0.1, -0.05) is 0 Å². The Morgan fingerprint density at radius 3 is 2.66 bits per heavy atom. The van der Waals surface area contributed by atoms with Crippen LogP contribution < -0.4 is 20.3 Å². The van der Waals surface area contributed by atoms with Crippen molar-refractivity contribution in [3.05, 3.63) is 48.5 Å². The van der Waals surface area contributed by atoms with Gasteiger partial charge in [-0.05, 0) is 43.2 Å². The number of methoxy groups -OCH3 is 1. The lowest BCUT2D eigenvalue weighted by molar-refractivity contribution is -0.129. The van der Waals surface area contributed by atoms with Crippen LogP contribution in [0.1, 0.15) is 19.3 Å². The van der Waals surface area contributed by atoms with Gasteiger partial charge in [-0.25, -0.2) is 19.8 Å². The predicted molar refractivity (Wildman–Crippen MR) is 105 cm³/mol. The summed E-state index contributed by atoms with van der Waals surface area (Å²) in [4.78, 5) is 19.6. The van der Waals surface area contributed by atoms with Crippen LogP contribution in [-0.4, -0.2) is 34.8 Å². The van der Waals surface area contributed by atoms with E-state index < -0.39 is 5.91 Å². The van der Waals surface area contributed by atoms with E-state index in [-0.39, 0.29) is 12.2 Å². The molecule has 9 heteroatoms. The van der Waals surface area contributed by atoms with E-state index in [0.717, 1.165) is 0 Å². The molecule has 8 nitrogen and oxygen atoms in total. The average Bonchev–Trinajstić information content (AvgIpc) is 2.74. The van der Waals surface area contributed by atoms with Gasteiger partial charge in [0.15, 0.2) is 11.5 Å². The number of hydroxylamine groups is 1. The van der Waals surface area contributed by atoms with Crippen LogP contribution in [0.25, 0.3) is 10.9 Å². The van der Waals surface area contributed by atoms with Crippen LogP contribution in [0.3, 0.4) is 0 Å². The average molecular weight is 400 g/mol. The van der Waals surface area contributed by atoms with E-state index in [9.17, 15) is 9.18 Å². The third-order valence-corrected chi connectivity index (χ3v) is 4.21. The van der Waals surface area contributed by atoms with E-state index in [0.29, 0.717) is 53.4 Å². The Morgan fingerprint density at radius 2 is 1.93 bits per heavy atom.